The smallest absolute Gasteiger partial charge is 0.248 e. The van der Waals surface area contributed by atoms with E-state index in [1.807, 2.05) is 0 Å². The van der Waals surface area contributed by atoms with Gasteiger partial charge in [0, 0.05) is 13.2 Å². The number of nitrogens with one attached hydrogen (secondary N) is 1. The first-order valence-corrected chi connectivity index (χ1v) is 6.45. The summed E-state index contributed by atoms with van der Waals surface area (Å²) in [6.07, 6.45) is 3.74. The van der Waals surface area contributed by atoms with E-state index in [-0.39, 0.29) is 12.0 Å². The largest absolute Gasteiger partial charge is 0.376 e. The van der Waals surface area contributed by atoms with Gasteiger partial charge in [-0.05, 0) is 39.2 Å². The fourth-order valence-corrected chi connectivity index (χ4v) is 1.73. The molecule has 0 saturated carbocycles. The lowest BCUT2D eigenvalue weighted by Gasteiger charge is -2.16. The van der Waals surface area contributed by atoms with Crippen LogP contribution < -0.4 is 11.1 Å². The van der Waals surface area contributed by atoms with E-state index in [9.17, 15) is 4.79 Å². The Labute approximate surface area is 103 Å². The Morgan fingerprint density at radius 2 is 2.41 bits per heavy atom. The zero-order valence-electron chi connectivity index (χ0n) is 10.6. The van der Waals surface area contributed by atoms with Crippen LogP contribution in [0.25, 0.3) is 0 Å². The van der Waals surface area contributed by atoms with E-state index in [1.165, 1.54) is 0 Å². The molecule has 0 aromatic heterocycles. The van der Waals surface area contributed by atoms with Gasteiger partial charge in [0.1, 0.15) is 6.10 Å². The molecule has 1 aliphatic heterocycles. The van der Waals surface area contributed by atoms with Crippen LogP contribution in [-0.2, 0) is 14.3 Å². The Kier molecular flexibility index (Phi) is 7.16. The van der Waals surface area contributed by atoms with Crippen LogP contribution in [-0.4, -0.2) is 44.4 Å². The molecule has 0 aromatic rings. The van der Waals surface area contributed by atoms with Crippen LogP contribution in [0.5, 0.6) is 0 Å². The molecule has 0 radical (unpaired) electrons. The SMILES string of the molecule is CC(OCC1CCCO1)C(=O)NCCCCN. The average molecular weight is 244 g/mol. The molecule has 1 aliphatic rings. The first-order chi connectivity index (χ1) is 8.24. The number of hydrogen-bond acceptors (Lipinski definition) is 4. The number of unbranched alkanes of at least 4 members (excludes halogenated alkanes) is 1. The highest BCUT2D eigenvalue weighted by Crippen LogP contribution is 2.12. The standard InChI is InChI=1S/C12H24N2O3/c1-10(12(15)14-7-3-2-6-13)17-9-11-5-4-8-16-11/h10-11H,2-9,13H2,1H3,(H,14,15). The van der Waals surface area contributed by atoms with Crippen molar-refractivity contribution in [3.63, 3.8) is 0 Å². The highest BCUT2D eigenvalue weighted by Gasteiger charge is 2.19. The summed E-state index contributed by atoms with van der Waals surface area (Å²) in [6.45, 7) is 4.43. The van der Waals surface area contributed by atoms with Crippen LogP contribution in [0, 0.1) is 0 Å². The van der Waals surface area contributed by atoms with Crippen molar-refractivity contribution in [3.8, 4) is 0 Å². The molecule has 0 spiro atoms. The number of carbonyl (C=O) groups excluding carboxylic acids is 1. The van der Waals surface area contributed by atoms with Crippen LogP contribution in [0.4, 0.5) is 0 Å². The molecule has 5 heteroatoms. The predicted octanol–water partition coefficient (Wildman–Crippen LogP) is 0.426. The van der Waals surface area contributed by atoms with Gasteiger partial charge >= 0.3 is 0 Å². The Morgan fingerprint density at radius 3 is 3.06 bits per heavy atom. The Hall–Kier alpha value is -0.650. The summed E-state index contributed by atoms with van der Waals surface area (Å²) in [5.41, 5.74) is 5.37. The summed E-state index contributed by atoms with van der Waals surface area (Å²) < 4.78 is 10.9. The second-order valence-corrected chi connectivity index (χ2v) is 4.40. The van der Waals surface area contributed by atoms with E-state index >= 15 is 0 Å². The second-order valence-electron chi connectivity index (χ2n) is 4.40. The Balaban J connectivity index is 2.04. The van der Waals surface area contributed by atoms with Gasteiger partial charge in [-0.1, -0.05) is 0 Å². The molecule has 5 nitrogen and oxygen atoms in total. The van der Waals surface area contributed by atoms with Gasteiger partial charge in [-0.2, -0.15) is 0 Å². The highest BCUT2D eigenvalue weighted by molar-refractivity contribution is 5.80. The van der Waals surface area contributed by atoms with Crippen molar-refractivity contribution in [2.45, 2.75) is 44.8 Å². The molecule has 2 unspecified atom stereocenters. The summed E-state index contributed by atoms with van der Waals surface area (Å²) >= 11 is 0. The normalized spacial score (nSPS) is 21.4. The molecule has 3 N–H and O–H groups in total. The van der Waals surface area contributed by atoms with Crippen molar-refractivity contribution in [3.05, 3.63) is 0 Å². The van der Waals surface area contributed by atoms with Gasteiger partial charge in [0.05, 0.1) is 12.7 Å². The lowest BCUT2D eigenvalue weighted by Crippen LogP contribution is -2.36. The second kappa shape index (κ2) is 8.44. The van der Waals surface area contributed by atoms with E-state index in [1.54, 1.807) is 6.92 Å². The van der Waals surface area contributed by atoms with Gasteiger partial charge in [-0.15, -0.1) is 0 Å². The molecular weight excluding hydrogens is 220 g/mol. The number of rotatable bonds is 8. The van der Waals surface area contributed by atoms with Crippen LogP contribution in [0.3, 0.4) is 0 Å². The maximum Gasteiger partial charge on any atom is 0.248 e. The topological polar surface area (TPSA) is 73.6 Å². The van der Waals surface area contributed by atoms with Crippen molar-refractivity contribution < 1.29 is 14.3 Å². The van der Waals surface area contributed by atoms with Crippen LogP contribution in [0.1, 0.15) is 32.6 Å². The quantitative estimate of drug-likeness (QED) is 0.607. The number of ether oxygens (including phenoxy) is 2. The van der Waals surface area contributed by atoms with Crippen molar-refractivity contribution in [2.24, 2.45) is 5.73 Å². The molecule has 0 bridgehead atoms. The minimum atomic E-state index is -0.405. The summed E-state index contributed by atoms with van der Waals surface area (Å²) in [5.74, 6) is -0.0555. The van der Waals surface area contributed by atoms with Gasteiger partial charge in [0.2, 0.25) is 5.91 Å². The van der Waals surface area contributed by atoms with Crippen LogP contribution in [0.15, 0.2) is 0 Å². The van der Waals surface area contributed by atoms with Crippen molar-refractivity contribution in [1.82, 2.24) is 5.32 Å². The zero-order valence-corrected chi connectivity index (χ0v) is 10.6. The molecule has 100 valence electrons. The third-order valence-electron chi connectivity index (χ3n) is 2.86. The van der Waals surface area contributed by atoms with Crippen LogP contribution in [0.2, 0.25) is 0 Å². The first kappa shape index (κ1) is 14.4. The Morgan fingerprint density at radius 1 is 1.59 bits per heavy atom. The lowest BCUT2D eigenvalue weighted by atomic mass is 10.2. The monoisotopic (exact) mass is 244 g/mol. The van der Waals surface area contributed by atoms with Gasteiger partial charge in [-0.25, -0.2) is 0 Å². The lowest BCUT2D eigenvalue weighted by molar-refractivity contribution is -0.133. The van der Waals surface area contributed by atoms with Crippen molar-refractivity contribution in [2.75, 3.05) is 26.3 Å². The molecule has 1 rings (SSSR count). The Bertz CT molecular complexity index is 218. The van der Waals surface area contributed by atoms with E-state index < -0.39 is 6.10 Å². The minimum Gasteiger partial charge on any atom is -0.376 e. The molecule has 1 heterocycles. The third kappa shape index (κ3) is 6.00. The first-order valence-electron chi connectivity index (χ1n) is 6.45. The molecule has 0 aromatic carbocycles. The summed E-state index contributed by atoms with van der Waals surface area (Å²) in [7, 11) is 0. The maximum absolute atomic E-state index is 11.6. The molecule has 17 heavy (non-hydrogen) atoms. The molecule has 1 saturated heterocycles. The molecule has 1 fully saturated rings. The van der Waals surface area contributed by atoms with E-state index in [0.717, 1.165) is 32.3 Å². The van der Waals surface area contributed by atoms with E-state index in [4.69, 9.17) is 15.2 Å². The molecular formula is C12H24N2O3. The molecule has 0 aliphatic carbocycles. The van der Waals surface area contributed by atoms with E-state index in [2.05, 4.69) is 5.32 Å². The maximum atomic E-state index is 11.6. The number of carbonyl (C=O) groups is 1. The van der Waals surface area contributed by atoms with Gasteiger partial charge in [0.25, 0.3) is 0 Å². The summed E-state index contributed by atoms with van der Waals surface area (Å²) in [5, 5.41) is 2.83. The minimum absolute atomic E-state index is 0.0555. The number of amides is 1. The van der Waals surface area contributed by atoms with E-state index in [0.29, 0.717) is 19.7 Å². The van der Waals surface area contributed by atoms with Crippen molar-refractivity contribution in [1.29, 1.82) is 0 Å². The number of hydrogen-bond donors (Lipinski definition) is 2. The third-order valence-corrected chi connectivity index (χ3v) is 2.86. The summed E-state index contributed by atoms with van der Waals surface area (Å²) in [4.78, 5) is 11.6. The van der Waals surface area contributed by atoms with Crippen molar-refractivity contribution >= 4 is 5.91 Å². The molecule has 1 amide bonds. The van der Waals surface area contributed by atoms with Gasteiger partial charge < -0.3 is 20.5 Å². The summed E-state index contributed by atoms with van der Waals surface area (Å²) in [6, 6.07) is 0. The number of nitrogens with two attached hydrogens (primary N) is 1. The molecule has 2 atom stereocenters. The predicted molar refractivity (Wildman–Crippen MR) is 65.7 cm³/mol. The van der Waals surface area contributed by atoms with Gasteiger partial charge in [-0.3, -0.25) is 4.79 Å². The fraction of sp³-hybridized carbons (Fsp3) is 0.917. The highest BCUT2D eigenvalue weighted by atomic mass is 16.5. The fourth-order valence-electron chi connectivity index (χ4n) is 1.73. The van der Waals surface area contributed by atoms with Crippen LogP contribution >= 0.6 is 0 Å². The zero-order chi connectivity index (χ0) is 12.5. The van der Waals surface area contributed by atoms with Gasteiger partial charge in [0.15, 0.2) is 0 Å². The average Bonchev–Trinajstić information content (AvgIpc) is 2.84.